The van der Waals surface area contributed by atoms with E-state index in [4.69, 9.17) is 31.2 Å². The molecule has 0 aliphatic carbocycles. The molecule has 0 unspecified atom stereocenters. The Kier molecular flexibility index (Phi) is 8.07. The summed E-state index contributed by atoms with van der Waals surface area (Å²) in [4.78, 5) is 4.62. The summed E-state index contributed by atoms with van der Waals surface area (Å²) in [6.07, 6.45) is 0.880. The fraction of sp³-hybridized carbons (Fsp3) is 0.409. The summed E-state index contributed by atoms with van der Waals surface area (Å²) >= 11 is 7.30. The SMILES string of the molecule is COc1ccc(CCN2CN(Cc3ccc(OC)c(OC)c3)CSC2=S)cc1OC. The van der Waals surface area contributed by atoms with Crippen molar-refractivity contribution in [2.24, 2.45) is 0 Å². The van der Waals surface area contributed by atoms with Crippen molar-refractivity contribution in [1.82, 2.24) is 9.80 Å². The van der Waals surface area contributed by atoms with Gasteiger partial charge in [0.15, 0.2) is 23.0 Å². The summed E-state index contributed by atoms with van der Waals surface area (Å²) in [6, 6.07) is 12.1. The Morgan fingerprint density at radius 2 is 1.40 bits per heavy atom. The molecule has 0 aromatic heterocycles. The highest BCUT2D eigenvalue weighted by Gasteiger charge is 2.22. The third kappa shape index (κ3) is 5.50. The smallest absolute Gasteiger partial charge is 0.161 e. The van der Waals surface area contributed by atoms with Gasteiger partial charge in [0.1, 0.15) is 4.32 Å². The van der Waals surface area contributed by atoms with Crippen LogP contribution in [0.2, 0.25) is 0 Å². The third-order valence-corrected chi connectivity index (χ3v) is 6.58. The monoisotopic (exact) mass is 448 g/mol. The lowest BCUT2D eigenvalue weighted by Gasteiger charge is -2.36. The van der Waals surface area contributed by atoms with Gasteiger partial charge >= 0.3 is 0 Å². The maximum Gasteiger partial charge on any atom is 0.161 e. The Labute approximate surface area is 188 Å². The van der Waals surface area contributed by atoms with E-state index in [1.807, 2.05) is 24.3 Å². The number of methoxy groups -OCH3 is 4. The predicted molar refractivity (Wildman–Crippen MR) is 125 cm³/mol. The molecule has 0 atom stereocenters. The normalized spacial score (nSPS) is 14.5. The lowest BCUT2D eigenvalue weighted by Crippen LogP contribution is -2.45. The van der Waals surface area contributed by atoms with Gasteiger partial charge < -0.3 is 23.8 Å². The van der Waals surface area contributed by atoms with Gasteiger partial charge in [0.05, 0.1) is 41.0 Å². The topological polar surface area (TPSA) is 43.4 Å². The van der Waals surface area contributed by atoms with Crippen LogP contribution in [0.5, 0.6) is 23.0 Å². The molecule has 1 fully saturated rings. The summed E-state index contributed by atoms with van der Waals surface area (Å²) in [5, 5.41) is 0. The Bertz CT molecular complexity index is 878. The van der Waals surface area contributed by atoms with Crippen molar-refractivity contribution in [3.8, 4) is 23.0 Å². The molecule has 8 heteroatoms. The number of thiocarbonyl (C=S) groups is 1. The molecule has 30 heavy (non-hydrogen) atoms. The Hall–Kier alpha value is -2.16. The van der Waals surface area contributed by atoms with Crippen LogP contribution in [0.25, 0.3) is 0 Å². The van der Waals surface area contributed by atoms with Crippen LogP contribution in [0.4, 0.5) is 0 Å². The molecule has 0 bridgehead atoms. The Morgan fingerprint density at radius 1 is 0.833 bits per heavy atom. The van der Waals surface area contributed by atoms with Crippen LogP contribution >= 0.6 is 24.0 Å². The van der Waals surface area contributed by atoms with Crippen molar-refractivity contribution in [3.63, 3.8) is 0 Å². The number of thioether (sulfide) groups is 1. The van der Waals surface area contributed by atoms with Gasteiger partial charge in [-0.05, 0) is 41.8 Å². The molecule has 162 valence electrons. The van der Waals surface area contributed by atoms with Gasteiger partial charge in [0, 0.05) is 13.1 Å². The van der Waals surface area contributed by atoms with Crippen LogP contribution < -0.4 is 18.9 Å². The first-order chi connectivity index (χ1) is 14.6. The number of nitrogens with zero attached hydrogens (tertiary/aromatic N) is 2. The number of benzene rings is 2. The van der Waals surface area contributed by atoms with Crippen LogP contribution in [0, 0.1) is 0 Å². The van der Waals surface area contributed by atoms with E-state index in [1.54, 1.807) is 40.2 Å². The summed E-state index contributed by atoms with van der Waals surface area (Å²) in [5.74, 6) is 3.86. The highest BCUT2D eigenvalue weighted by Crippen LogP contribution is 2.30. The molecule has 0 saturated carbocycles. The number of rotatable bonds is 9. The zero-order chi connectivity index (χ0) is 21.5. The molecule has 1 heterocycles. The molecule has 0 spiro atoms. The van der Waals surface area contributed by atoms with Gasteiger partial charge in [0.2, 0.25) is 0 Å². The molecule has 2 aromatic carbocycles. The third-order valence-electron chi connectivity index (χ3n) is 4.97. The molecule has 2 aromatic rings. The van der Waals surface area contributed by atoms with Crippen molar-refractivity contribution in [2.75, 3.05) is 47.5 Å². The average Bonchev–Trinajstić information content (AvgIpc) is 2.79. The molecule has 0 N–H and O–H groups in total. The van der Waals surface area contributed by atoms with Crippen molar-refractivity contribution in [3.05, 3.63) is 47.5 Å². The fourth-order valence-corrected chi connectivity index (χ4v) is 4.48. The first kappa shape index (κ1) is 22.5. The quantitative estimate of drug-likeness (QED) is 0.533. The van der Waals surface area contributed by atoms with Gasteiger partial charge in [-0.2, -0.15) is 0 Å². The van der Waals surface area contributed by atoms with E-state index < -0.39 is 0 Å². The second-order valence-electron chi connectivity index (χ2n) is 6.90. The Balaban J connectivity index is 1.61. The summed E-state index contributed by atoms with van der Waals surface area (Å²) in [7, 11) is 6.61. The number of ether oxygens (including phenoxy) is 4. The van der Waals surface area contributed by atoms with Gasteiger partial charge in [0.25, 0.3) is 0 Å². The minimum absolute atomic E-state index is 0.742. The maximum atomic E-state index is 5.60. The summed E-state index contributed by atoms with van der Waals surface area (Å²) in [5.41, 5.74) is 2.37. The minimum atomic E-state index is 0.742. The average molecular weight is 449 g/mol. The first-order valence-corrected chi connectivity index (χ1v) is 11.0. The molecule has 1 aliphatic heterocycles. The molecule has 3 rings (SSSR count). The standard InChI is InChI=1S/C22H28N2O4S2/c1-25-18-7-5-16(11-20(18)27-3)9-10-24-14-23(15-30-22(24)29)13-17-6-8-19(26-2)21(12-17)28-4/h5-8,11-12H,9-10,13-15H2,1-4H3. The molecule has 0 radical (unpaired) electrons. The summed E-state index contributed by atoms with van der Waals surface area (Å²) in [6.45, 7) is 2.47. The van der Waals surface area contributed by atoms with Crippen molar-refractivity contribution < 1.29 is 18.9 Å². The molecule has 0 amide bonds. The largest absolute Gasteiger partial charge is 0.493 e. The van der Waals surface area contributed by atoms with Crippen LogP contribution in [0.3, 0.4) is 0 Å². The molecule has 1 saturated heterocycles. The van der Waals surface area contributed by atoms with E-state index in [0.29, 0.717) is 0 Å². The second-order valence-corrected chi connectivity index (χ2v) is 8.48. The molecular formula is C22H28N2O4S2. The van der Waals surface area contributed by atoms with E-state index >= 15 is 0 Å². The minimum Gasteiger partial charge on any atom is -0.493 e. The van der Waals surface area contributed by atoms with Gasteiger partial charge in [-0.1, -0.05) is 36.1 Å². The zero-order valence-corrected chi connectivity index (χ0v) is 19.5. The first-order valence-electron chi connectivity index (χ1n) is 9.63. The molecule has 1 aliphatic rings. The Morgan fingerprint density at radius 3 is 2.00 bits per heavy atom. The lowest BCUT2D eigenvalue weighted by atomic mass is 10.1. The van der Waals surface area contributed by atoms with Gasteiger partial charge in [-0.15, -0.1) is 0 Å². The van der Waals surface area contributed by atoms with E-state index in [9.17, 15) is 0 Å². The van der Waals surface area contributed by atoms with Crippen molar-refractivity contribution >= 4 is 28.3 Å². The van der Waals surface area contributed by atoms with E-state index in [-0.39, 0.29) is 0 Å². The highest BCUT2D eigenvalue weighted by molar-refractivity contribution is 8.22. The highest BCUT2D eigenvalue weighted by atomic mass is 32.2. The molecule has 6 nitrogen and oxygen atoms in total. The molecular weight excluding hydrogens is 420 g/mol. The fourth-order valence-electron chi connectivity index (χ4n) is 3.37. The van der Waals surface area contributed by atoms with Crippen molar-refractivity contribution in [1.29, 1.82) is 0 Å². The number of hydrogen-bond acceptors (Lipinski definition) is 7. The lowest BCUT2D eigenvalue weighted by molar-refractivity contribution is 0.206. The van der Waals surface area contributed by atoms with Gasteiger partial charge in [-0.3, -0.25) is 4.90 Å². The van der Waals surface area contributed by atoms with E-state index in [0.717, 1.165) is 59.4 Å². The number of hydrogen-bond donors (Lipinski definition) is 0. The van der Waals surface area contributed by atoms with Crippen LogP contribution in [0.15, 0.2) is 36.4 Å². The van der Waals surface area contributed by atoms with E-state index in [2.05, 4.69) is 21.9 Å². The van der Waals surface area contributed by atoms with Crippen LogP contribution in [-0.4, -0.2) is 61.6 Å². The summed E-state index contributed by atoms with van der Waals surface area (Å²) < 4.78 is 22.4. The second kappa shape index (κ2) is 10.7. The zero-order valence-electron chi connectivity index (χ0n) is 17.8. The maximum absolute atomic E-state index is 5.60. The van der Waals surface area contributed by atoms with Crippen molar-refractivity contribution in [2.45, 2.75) is 13.0 Å². The van der Waals surface area contributed by atoms with Crippen LogP contribution in [0.1, 0.15) is 11.1 Å². The van der Waals surface area contributed by atoms with Gasteiger partial charge in [-0.25, -0.2) is 0 Å². The van der Waals surface area contributed by atoms with Crippen LogP contribution in [-0.2, 0) is 13.0 Å². The van der Waals surface area contributed by atoms with E-state index in [1.165, 1.54) is 11.1 Å². The predicted octanol–water partition coefficient (Wildman–Crippen LogP) is 4.01.